The molecule has 0 bridgehead atoms. The van der Waals surface area contributed by atoms with Gasteiger partial charge in [0.1, 0.15) is 0 Å². The van der Waals surface area contributed by atoms with E-state index in [-0.39, 0.29) is 11.1 Å². The third kappa shape index (κ3) is 2.53. The first-order valence-corrected chi connectivity index (χ1v) is 6.55. The van der Waals surface area contributed by atoms with E-state index in [2.05, 4.69) is 26.0 Å². The molecule has 0 aromatic carbocycles. The van der Waals surface area contributed by atoms with E-state index in [1.54, 1.807) is 23.0 Å². The van der Waals surface area contributed by atoms with Crippen LogP contribution in [0.25, 0.3) is 5.82 Å². The lowest BCUT2D eigenvalue weighted by Crippen LogP contribution is -2.18. The summed E-state index contributed by atoms with van der Waals surface area (Å²) in [5.41, 5.74) is 0.510. The van der Waals surface area contributed by atoms with Crippen LogP contribution in [-0.2, 0) is 5.41 Å². The van der Waals surface area contributed by atoms with E-state index in [1.165, 1.54) is 0 Å². The van der Waals surface area contributed by atoms with Crippen molar-refractivity contribution in [3.63, 3.8) is 0 Å². The zero-order valence-corrected chi connectivity index (χ0v) is 12.5. The molecule has 0 saturated heterocycles. The van der Waals surface area contributed by atoms with Gasteiger partial charge >= 0.3 is 5.97 Å². The van der Waals surface area contributed by atoms with Crippen molar-refractivity contribution >= 4 is 21.9 Å². The molecule has 0 unspecified atom stereocenters. The molecular weight excluding hydrogens is 310 g/mol. The summed E-state index contributed by atoms with van der Waals surface area (Å²) in [5.74, 6) is -0.465. The zero-order valence-electron chi connectivity index (χ0n) is 10.9. The van der Waals surface area contributed by atoms with Crippen LogP contribution in [0.5, 0.6) is 0 Å². The molecule has 0 aliphatic heterocycles. The minimum absolute atomic E-state index is 0.00409. The van der Waals surface area contributed by atoms with Crippen LogP contribution in [0.3, 0.4) is 0 Å². The molecule has 0 amide bonds. The molecule has 0 saturated carbocycles. The largest absolute Gasteiger partial charge is 0.476 e. The standard InChI is InChI=1S/C13H14BrN3O2/c1-13(2,3)11-9(14)10(12(18)19)16-17(11)8-6-4-5-7-15-8/h4-7H,1-3H3,(H,18,19). The van der Waals surface area contributed by atoms with Gasteiger partial charge in [-0.15, -0.1) is 0 Å². The molecule has 5 nitrogen and oxygen atoms in total. The number of hydrogen-bond acceptors (Lipinski definition) is 3. The Labute approximate surface area is 119 Å². The van der Waals surface area contributed by atoms with Gasteiger partial charge < -0.3 is 5.11 Å². The zero-order chi connectivity index (χ0) is 14.2. The van der Waals surface area contributed by atoms with Crippen LogP contribution in [0.1, 0.15) is 37.0 Å². The molecule has 100 valence electrons. The Bertz CT molecular complexity index is 615. The third-order valence-corrected chi connectivity index (χ3v) is 3.36. The van der Waals surface area contributed by atoms with Gasteiger partial charge in [0, 0.05) is 11.6 Å². The SMILES string of the molecule is CC(C)(C)c1c(Br)c(C(=O)O)nn1-c1ccccn1. The minimum atomic E-state index is -1.06. The van der Waals surface area contributed by atoms with Crippen molar-refractivity contribution < 1.29 is 9.90 Å². The van der Waals surface area contributed by atoms with Crippen molar-refractivity contribution in [2.75, 3.05) is 0 Å². The van der Waals surface area contributed by atoms with Gasteiger partial charge in [-0.3, -0.25) is 0 Å². The predicted octanol–water partition coefficient (Wildman–Crippen LogP) is 3.03. The smallest absolute Gasteiger partial charge is 0.357 e. The molecule has 2 rings (SSSR count). The Balaban J connectivity index is 2.74. The number of aromatic carboxylic acids is 1. The van der Waals surface area contributed by atoms with Crippen LogP contribution < -0.4 is 0 Å². The highest BCUT2D eigenvalue weighted by molar-refractivity contribution is 9.10. The highest BCUT2D eigenvalue weighted by Gasteiger charge is 2.29. The fraction of sp³-hybridized carbons (Fsp3) is 0.308. The van der Waals surface area contributed by atoms with Gasteiger partial charge in [-0.25, -0.2) is 14.5 Å². The molecule has 6 heteroatoms. The number of carboxylic acid groups (broad SMARTS) is 1. The summed E-state index contributed by atoms with van der Waals surface area (Å²) in [5, 5.41) is 13.3. The van der Waals surface area contributed by atoms with E-state index in [0.717, 1.165) is 5.69 Å². The number of carboxylic acids is 1. The summed E-state index contributed by atoms with van der Waals surface area (Å²) < 4.78 is 2.08. The van der Waals surface area contributed by atoms with Crippen molar-refractivity contribution in [3.8, 4) is 5.82 Å². The van der Waals surface area contributed by atoms with Crippen LogP contribution in [0.4, 0.5) is 0 Å². The maximum atomic E-state index is 11.2. The Morgan fingerprint density at radius 3 is 2.53 bits per heavy atom. The monoisotopic (exact) mass is 323 g/mol. The van der Waals surface area contributed by atoms with Crippen molar-refractivity contribution in [2.45, 2.75) is 26.2 Å². The first-order valence-electron chi connectivity index (χ1n) is 5.76. The van der Waals surface area contributed by atoms with E-state index in [4.69, 9.17) is 0 Å². The minimum Gasteiger partial charge on any atom is -0.476 e. The summed E-state index contributed by atoms with van der Waals surface area (Å²) in [7, 11) is 0. The summed E-state index contributed by atoms with van der Waals surface area (Å²) in [6, 6.07) is 5.43. The maximum absolute atomic E-state index is 11.2. The highest BCUT2D eigenvalue weighted by atomic mass is 79.9. The van der Waals surface area contributed by atoms with Crippen molar-refractivity contribution in [2.24, 2.45) is 0 Å². The molecule has 0 atom stereocenters. The molecule has 1 N–H and O–H groups in total. The number of carbonyl (C=O) groups is 1. The van der Waals surface area contributed by atoms with Crippen molar-refractivity contribution in [1.82, 2.24) is 14.8 Å². The maximum Gasteiger partial charge on any atom is 0.357 e. The predicted molar refractivity (Wildman–Crippen MR) is 74.7 cm³/mol. The van der Waals surface area contributed by atoms with Crippen LogP contribution in [0.2, 0.25) is 0 Å². The summed E-state index contributed by atoms with van der Waals surface area (Å²) in [6.45, 7) is 6.00. The van der Waals surface area contributed by atoms with E-state index < -0.39 is 5.97 Å². The summed E-state index contributed by atoms with van der Waals surface area (Å²) >= 11 is 3.34. The second kappa shape index (κ2) is 4.77. The van der Waals surface area contributed by atoms with Gasteiger partial charge in [-0.1, -0.05) is 26.8 Å². The molecule has 2 aromatic heterocycles. The highest BCUT2D eigenvalue weighted by Crippen LogP contribution is 2.33. The summed E-state index contributed by atoms with van der Waals surface area (Å²) in [6.07, 6.45) is 1.65. The molecule has 0 radical (unpaired) electrons. The second-order valence-electron chi connectivity index (χ2n) is 5.17. The molecule has 19 heavy (non-hydrogen) atoms. The lowest BCUT2D eigenvalue weighted by Gasteiger charge is -2.20. The van der Waals surface area contributed by atoms with E-state index in [0.29, 0.717) is 10.3 Å². The van der Waals surface area contributed by atoms with Gasteiger partial charge in [-0.05, 0) is 28.1 Å². The van der Waals surface area contributed by atoms with Gasteiger partial charge in [0.05, 0.1) is 10.2 Å². The molecule has 0 fully saturated rings. The second-order valence-corrected chi connectivity index (χ2v) is 5.96. The van der Waals surface area contributed by atoms with E-state index in [9.17, 15) is 9.90 Å². The lowest BCUT2D eigenvalue weighted by molar-refractivity contribution is 0.0689. The van der Waals surface area contributed by atoms with Crippen LogP contribution in [0, 0.1) is 0 Å². The first-order chi connectivity index (χ1) is 8.82. The van der Waals surface area contributed by atoms with Crippen molar-refractivity contribution in [3.05, 3.63) is 40.3 Å². The molecule has 2 aromatic rings. The van der Waals surface area contributed by atoms with Crippen LogP contribution >= 0.6 is 15.9 Å². The number of rotatable bonds is 2. The average Bonchev–Trinajstić information content (AvgIpc) is 2.68. The third-order valence-electron chi connectivity index (χ3n) is 2.61. The Morgan fingerprint density at radius 1 is 1.37 bits per heavy atom. The first kappa shape index (κ1) is 13.7. The van der Waals surface area contributed by atoms with Crippen LogP contribution in [0.15, 0.2) is 28.9 Å². The van der Waals surface area contributed by atoms with Crippen molar-refractivity contribution in [1.29, 1.82) is 0 Å². The lowest BCUT2D eigenvalue weighted by atomic mass is 9.92. The Hall–Kier alpha value is -1.69. The average molecular weight is 324 g/mol. The Morgan fingerprint density at radius 2 is 2.05 bits per heavy atom. The summed E-state index contributed by atoms with van der Waals surface area (Å²) in [4.78, 5) is 15.4. The van der Waals surface area contributed by atoms with Gasteiger partial charge in [-0.2, -0.15) is 5.10 Å². The molecule has 0 aliphatic rings. The fourth-order valence-corrected chi connectivity index (χ4v) is 2.84. The topological polar surface area (TPSA) is 68.0 Å². The van der Waals surface area contributed by atoms with Gasteiger partial charge in [0.25, 0.3) is 0 Å². The number of halogens is 1. The number of aromatic nitrogens is 3. The quantitative estimate of drug-likeness (QED) is 0.922. The normalized spacial score (nSPS) is 11.6. The molecule has 0 spiro atoms. The Kier molecular flexibility index (Phi) is 3.45. The fourth-order valence-electron chi connectivity index (χ4n) is 1.83. The van der Waals surface area contributed by atoms with Gasteiger partial charge in [0.15, 0.2) is 11.5 Å². The van der Waals surface area contributed by atoms with E-state index >= 15 is 0 Å². The molecular formula is C13H14BrN3O2. The van der Waals surface area contributed by atoms with Crippen LogP contribution in [-0.4, -0.2) is 25.8 Å². The number of hydrogen-bond donors (Lipinski definition) is 1. The number of nitrogens with zero attached hydrogens (tertiary/aromatic N) is 3. The van der Waals surface area contributed by atoms with E-state index in [1.807, 2.05) is 26.8 Å². The number of pyridine rings is 1. The molecule has 0 aliphatic carbocycles. The van der Waals surface area contributed by atoms with Gasteiger partial charge in [0.2, 0.25) is 0 Å². The molecule has 2 heterocycles.